The third-order valence-electron chi connectivity index (χ3n) is 5.38. The molecule has 1 spiro atoms. The van der Waals surface area contributed by atoms with Crippen LogP contribution in [0.15, 0.2) is 16.8 Å². The Bertz CT molecular complexity index is 853. The summed E-state index contributed by atoms with van der Waals surface area (Å²) in [5, 5.41) is 10.4. The van der Waals surface area contributed by atoms with E-state index in [9.17, 15) is 18.0 Å². The minimum Gasteiger partial charge on any atom is -0.403 e. The smallest absolute Gasteiger partial charge is 0.403 e. The zero-order chi connectivity index (χ0) is 19.9. The average molecular weight is 396 g/mol. The van der Waals surface area contributed by atoms with Gasteiger partial charge in [-0.25, -0.2) is 9.97 Å². The van der Waals surface area contributed by atoms with Gasteiger partial charge in [0, 0.05) is 25.5 Å². The summed E-state index contributed by atoms with van der Waals surface area (Å²) in [5.74, 6) is -1.33. The molecule has 8 nitrogen and oxygen atoms in total. The van der Waals surface area contributed by atoms with E-state index in [-0.39, 0.29) is 23.4 Å². The molecule has 2 aromatic heterocycles. The first-order chi connectivity index (χ1) is 13.3. The number of aromatic nitrogens is 4. The Balaban J connectivity index is 1.37. The van der Waals surface area contributed by atoms with Crippen molar-refractivity contribution in [1.29, 1.82) is 0 Å². The summed E-state index contributed by atoms with van der Waals surface area (Å²) in [5.41, 5.74) is 0.636. The fraction of sp³-hybridized carbons (Fsp3) is 0.588. The number of rotatable bonds is 4. The zero-order valence-corrected chi connectivity index (χ0v) is 15.2. The molecule has 28 heavy (non-hydrogen) atoms. The zero-order valence-electron chi connectivity index (χ0n) is 15.2. The van der Waals surface area contributed by atoms with Crippen LogP contribution in [0.2, 0.25) is 0 Å². The number of likely N-dealkylation sites (tertiary alicyclic amines) is 1. The predicted octanol–water partition coefficient (Wildman–Crippen LogP) is 2.75. The van der Waals surface area contributed by atoms with Crippen LogP contribution in [0.1, 0.15) is 38.4 Å². The molecule has 150 valence electrons. The normalized spacial score (nSPS) is 19.5. The van der Waals surface area contributed by atoms with Crippen molar-refractivity contribution in [3.63, 3.8) is 0 Å². The molecule has 11 heteroatoms. The van der Waals surface area contributed by atoms with Crippen LogP contribution in [0, 0.1) is 5.41 Å². The van der Waals surface area contributed by atoms with Crippen molar-refractivity contribution in [1.82, 2.24) is 25.1 Å². The van der Waals surface area contributed by atoms with Gasteiger partial charge in [-0.1, -0.05) is 5.10 Å². The van der Waals surface area contributed by atoms with Crippen molar-refractivity contribution in [3.05, 3.63) is 18.2 Å². The lowest BCUT2D eigenvalue weighted by Gasteiger charge is -2.33. The highest BCUT2D eigenvalue weighted by molar-refractivity contribution is 5.83. The summed E-state index contributed by atoms with van der Waals surface area (Å²) in [6.07, 6.45) is 1.92. The van der Waals surface area contributed by atoms with Gasteiger partial charge >= 0.3 is 12.2 Å². The number of hydrogen-bond acceptors (Lipinski definition) is 7. The molecule has 1 saturated carbocycles. The average Bonchev–Trinajstić information content (AvgIpc) is 3.25. The summed E-state index contributed by atoms with van der Waals surface area (Å²) in [4.78, 5) is 20.9. The molecule has 1 aliphatic heterocycles. The maximum Gasteiger partial charge on any atom is 0.451 e. The lowest BCUT2D eigenvalue weighted by atomic mass is 9.93. The number of carbonyl (C=O) groups excluding carboxylic acids is 1. The van der Waals surface area contributed by atoms with Crippen LogP contribution in [0.5, 0.6) is 0 Å². The van der Waals surface area contributed by atoms with E-state index in [1.165, 1.54) is 12.8 Å². The minimum atomic E-state index is -4.62. The monoisotopic (exact) mass is 396 g/mol. The highest BCUT2D eigenvalue weighted by atomic mass is 19.4. The predicted molar refractivity (Wildman–Crippen MR) is 90.9 cm³/mol. The van der Waals surface area contributed by atoms with E-state index in [0.29, 0.717) is 5.41 Å². The van der Waals surface area contributed by atoms with Gasteiger partial charge in [-0.2, -0.15) is 13.2 Å². The van der Waals surface area contributed by atoms with E-state index in [1.54, 1.807) is 6.92 Å². The second-order valence-electron chi connectivity index (χ2n) is 7.40. The number of hydrogen-bond donors (Lipinski definition) is 1. The third-order valence-corrected chi connectivity index (χ3v) is 5.38. The van der Waals surface area contributed by atoms with Crippen molar-refractivity contribution in [3.8, 4) is 11.5 Å². The van der Waals surface area contributed by atoms with E-state index in [4.69, 9.17) is 4.42 Å². The van der Waals surface area contributed by atoms with Crippen LogP contribution in [-0.2, 0) is 11.0 Å². The molecule has 1 saturated heterocycles. The SMILES string of the molecule is C[C@H](Nc1nnc(-c2cnc(C(F)(F)F)nc2)o1)C(=O)N1CCC2(CC1)CC2. The Morgan fingerprint density at radius 3 is 2.39 bits per heavy atom. The first-order valence-electron chi connectivity index (χ1n) is 9.04. The largest absolute Gasteiger partial charge is 0.451 e. The Morgan fingerprint density at radius 1 is 1.18 bits per heavy atom. The van der Waals surface area contributed by atoms with Gasteiger partial charge in [0.05, 0.1) is 5.56 Å². The van der Waals surface area contributed by atoms with Gasteiger partial charge in [-0.3, -0.25) is 4.79 Å². The highest BCUT2D eigenvalue weighted by Crippen LogP contribution is 2.53. The number of piperidine rings is 1. The van der Waals surface area contributed by atoms with E-state index < -0.39 is 18.0 Å². The van der Waals surface area contributed by atoms with Gasteiger partial charge in [-0.15, -0.1) is 5.10 Å². The third kappa shape index (κ3) is 3.78. The lowest BCUT2D eigenvalue weighted by molar-refractivity contribution is -0.145. The van der Waals surface area contributed by atoms with Crippen LogP contribution in [0.4, 0.5) is 19.2 Å². The second-order valence-corrected chi connectivity index (χ2v) is 7.40. The van der Waals surface area contributed by atoms with E-state index in [0.717, 1.165) is 38.3 Å². The standard InChI is InChI=1S/C17H19F3N6O2/c1-10(13(27)26-6-4-16(2-3-16)5-7-26)23-15-25-24-12(28-15)11-8-21-14(22-9-11)17(18,19)20/h8-10H,2-7H2,1H3,(H,23,25)/t10-/m0/s1. The van der Waals surface area contributed by atoms with Crippen molar-refractivity contribution in [2.45, 2.75) is 44.8 Å². The summed E-state index contributed by atoms with van der Waals surface area (Å²) >= 11 is 0. The number of anilines is 1. The van der Waals surface area contributed by atoms with Gasteiger partial charge in [-0.05, 0) is 38.0 Å². The molecule has 1 atom stereocenters. The molecule has 4 rings (SSSR count). The fourth-order valence-corrected chi connectivity index (χ4v) is 3.38. The number of carbonyl (C=O) groups is 1. The Hall–Kier alpha value is -2.72. The van der Waals surface area contributed by atoms with Crippen LogP contribution in [-0.4, -0.2) is 50.1 Å². The van der Waals surface area contributed by atoms with Gasteiger partial charge in [0.25, 0.3) is 5.89 Å². The molecular formula is C17H19F3N6O2. The van der Waals surface area contributed by atoms with Crippen LogP contribution in [0.3, 0.4) is 0 Å². The van der Waals surface area contributed by atoms with E-state index in [1.807, 2.05) is 4.90 Å². The number of alkyl halides is 3. The van der Waals surface area contributed by atoms with E-state index in [2.05, 4.69) is 25.5 Å². The Morgan fingerprint density at radius 2 is 1.82 bits per heavy atom. The van der Waals surface area contributed by atoms with Gasteiger partial charge in [0.1, 0.15) is 6.04 Å². The topological polar surface area (TPSA) is 97.0 Å². The summed E-state index contributed by atoms with van der Waals surface area (Å²) in [6, 6.07) is -0.558. The van der Waals surface area contributed by atoms with Crippen LogP contribution < -0.4 is 5.32 Å². The number of halogens is 3. The fourth-order valence-electron chi connectivity index (χ4n) is 3.38. The van der Waals surface area contributed by atoms with E-state index >= 15 is 0 Å². The molecule has 2 aliphatic rings. The van der Waals surface area contributed by atoms with Crippen LogP contribution >= 0.6 is 0 Å². The summed E-state index contributed by atoms with van der Waals surface area (Å²) in [7, 11) is 0. The molecule has 3 heterocycles. The molecule has 0 unspecified atom stereocenters. The number of nitrogens with one attached hydrogen (secondary N) is 1. The van der Waals surface area contributed by atoms with Crippen LogP contribution in [0.25, 0.3) is 11.5 Å². The van der Waals surface area contributed by atoms with Gasteiger partial charge < -0.3 is 14.6 Å². The van der Waals surface area contributed by atoms with Crippen molar-refractivity contribution in [2.75, 3.05) is 18.4 Å². The summed E-state index contributed by atoms with van der Waals surface area (Å²) < 4.78 is 42.9. The molecule has 0 radical (unpaired) electrons. The molecule has 0 aromatic carbocycles. The Kier molecular flexibility index (Phi) is 4.47. The first-order valence-corrected chi connectivity index (χ1v) is 9.04. The van der Waals surface area contributed by atoms with Crippen molar-refractivity contribution >= 4 is 11.9 Å². The molecule has 2 aromatic rings. The quantitative estimate of drug-likeness (QED) is 0.849. The second kappa shape index (κ2) is 6.71. The number of amides is 1. The van der Waals surface area contributed by atoms with Gasteiger partial charge in [0.2, 0.25) is 11.7 Å². The molecular weight excluding hydrogens is 377 g/mol. The maximum atomic E-state index is 12.6. The minimum absolute atomic E-state index is 0.00594. The maximum absolute atomic E-state index is 12.6. The number of nitrogens with zero attached hydrogens (tertiary/aromatic N) is 5. The Labute approximate surface area is 158 Å². The molecule has 2 fully saturated rings. The molecule has 0 bridgehead atoms. The van der Waals surface area contributed by atoms with Gasteiger partial charge in [0.15, 0.2) is 0 Å². The first kappa shape index (κ1) is 18.6. The van der Waals surface area contributed by atoms with Crippen molar-refractivity contribution in [2.24, 2.45) is 5.41 Å². The molecule has 1 amide bonds. The summed E-state index contributed by atoms with van der Waals surface area (Å²) in [6.45, 7) is 3.21. The highest BCUT2D eigenvalue weighted by Gasteiger charge is 2.45. The molecule has 1 N–H and O–H groups in total. The molecule has 1 aliphatic carbocycles. The lowest BCUT2D eigenvalue weighted by Crippen LogP contribution is -2.45. The van der Waals surface area contributed by atoms with Crippen molar-refractivity contribution < 1.29 is 22.4 Å².